The molecule has 1 atom stereocenters. The van der Waals surface area contributed by atoms with Crippen LogP contribution in [0.15, 0.2) is 36.4 Å². The number of fused-ring (bicyclic) bond motifs is 1. The molecular formula is C26H33ClO4. The number of hydrogen-bond donors (Lipinski definition) is 0. The van der Waals surface area contributed by atoms with Crippen molar-refractivity contribution in [2.45, 2.75) is 70.8 Å². The number of rotatable bonds is 8. The molecule has 31 heavy (non-hydrogen) atoms. The van der Waals surface area contributed by atoms with Crippen molar-refractivity contribution in [2.24, 2.45) is 0 Å². The number of carbonyl (C=O) groups excluding carboxylic acids is 1. The maximum atomic E-state index is 11.3. The molecular weight excluding hydrogens is 412 g/mol. The summed E-state index contributed by atoms with van der Waals surface area (Å²) in [6.07, 6.45) is 8.30. The lowest BCUT2D eigenvalue weighted by Crippen LogP contribution is -2.37. The Kier molecular flexibility index (Phi) is 7.88. The number of aryl methyl sites for hydroxylation is 1. The Balaban J connectivity index is 0.00000272. The lowest BCUT2D eigenvalue weighted by Gasteiger charge is -2.31. The summed E-state index contributed by atoms with van der Waals surface area (Å²) >= 11 is 6.42. The van der Waals surface area contributed by atoms with Crippen molar-refractivity contribution >= 4 is 17.9 Å². The van der Waals surface area contributed by atoms with E-state index >= 15 is 0 Å². The van der Waals surface area contributed by atoms with E-state index < -0.39 is 5.60 Å². The Labute approximate surface area is 190 Å². The summed E-state index contributed by atoms with van der Waals surface area (Å²) in [6.45, 7) is 2.88. The van der Waals surface area contributed by atoms with Crippen LogP contribution < -0.4 is 14.2 Å². The largest absolute Gasteiger partial charge is 0.493 e. The fraction of sp³-hybridized carbons (Fsp3) is 0.500. The lowest BCUT2D eigenvalue weighted by atomic mass is 9.94. The number of benzene rings is 2. The van der Waals surface area contributed by atoms with Gasteiger partial charge in [0.15, 0.2) is 11.9 Å². The third-order valence-corrected chi connectivity index (χ3v) is 6.41. The normalized spacial score (nSPS) is 20.3. The van der Waals surface area contributed by atoms with Gasteiger partial charge in [0.2, 0.25) is 0 Å². The first kappa shape index (κ1) is 23.5. The first-order valence-corrected chi connectivity index (χ1v) is 11.3. The highest BCUT2D eigenvalue weighted by Crippen LogP contribution is 2.37. The van der Waals surface area contributed by atoms with E-state index in [9.17, 15) is 4.79 Å². The summed E-state index contributed by atoms with van der Waals surface area (Å²) < 4.78 is 17.6. The number of aldehydes is 1. The van der Waals surface area contributed by atoms with E-state index in [2.05, 4.69) is 12.1 Å². The highest BCUT2D eigenvalue weighted by atomic mass is 35.5. The molecule has 1 heterocycles. The Morgan fingerprint density at radius 3 is 2.65 bits per heavy atom. The number of ether oxygens (including phenoxy) is 3. The van der Waals surface area contributed by atoms with Gasteiger partial charge in [0.1, 0.15) is 17.2 Å². The average molecular weight is 445 g/mol. The van der Waals surface area contributed by atoms with Crippen LogP contribution >= 0.6 is 11.6 Å². The van der Waals surface area contributed by atoms with Gasteiger partial charge in [-0.1, -0.05) is 44.0 Å². The minimum Gasteiger partial charge on any atom is -0.493 e. The second kappa shape index (κ2) is 10.4. The van der Waals surface area contributed by atoms with Crippen LogP contribution in [-0.2, 0) is 11.2 Å². The maximum absolute atomic E-state index is 11.3. The topological polar surface area (TPSA) is 44.8 Å². The lowest BCUT2D eigenvalue weighted by molar-refractivity contribution is -0.121. The molecule has 0 spiro atoms. The van der Waals surface area contributed by atoms with Crippen LogP contribution in [-0.4, -0.2) is 25.1 Å². The van der Waals surface area contributed by atoms with Crippen LogP contribution in [0.25, 0.3) is 0 Å². The number of carbonyl (C=O) groups is 1. The van der Waals surface area contributed by atoms with E-state index in [0.717, 1.165) is 41.9 Å². The molecule has 0 amide bonds. The second-order valence-electron chi connectivity index (χ2n) is 8.52. The van der Waals surface area contributed by atoms with Gasteiger partial charge in [0.05, 0.1) is 18.2 Å². The standard InChI is InChI=1S/C25H29ClO4.CH4/c1-25(17-27)12-11-19-7-9-21(16-24(19)30-25)28-13-4-14-29-23-10-8-20(15-22(23)26)18-5-2-3-6-18;/h7-10,15-18H,2-6,11-14H2,1H3;1H4/t25-;/m1./s1. The van der Waals surface area contributed by atoms with Crippen LogP contribution in [0.1, 0.15) is 69.9 Å². The second-order valence-corrected chi connectivity index (χ2v) is 8.93. The SMILES string of the molecule is C.C[C@]1(C=O)CCc2ccc(OCCCOc3ccc(C4CCCC4)cc3Cl)cc2O1. The molecule has 0 aromatic heterocycles. The third kappa shape index (κ3) is 5.74. The molecule has 2 aromatic rings. The number of halogens is 1. The minimum atomic E-state index is -0.744. The summed E-state index contributed by atoms with van der Waals surface area (Å²) in [5.41, 5.74) is 1.70. The van der Waals surface area contributed by atoms with Gasteiger partial charge in [0.25, 0.3) is 0 Å². The molecule has 168 valence electrons. The summed E-state index contributed by atoms with van der Waals surface area (Å²) in [5, 5.41) is 0.686. The Bertz CT molecular complexity index is 891. The smallest absolute Gasteiger partial charge is 0.163 e. The first-order chi connectivity index (χ1) is 14.6. The zero-order chi connectivity index (χ0) is 21.0. The number of hydrogen-bond acceptors (Lipinski definition) is 4. The molecule has 0 saturated heterocycles. The Hall–Kier alpha value is -2.20. The first-order valence-electron chi connectivity index (χ1n) is 10.9. The molecule has 2 aromatic carbocycles. The molecule has 0 N–H and O–H groups in total. The molecule has 0 bridgehead atoms. The molecule has 1 fully saturated rings. The van der Waals surface area contributed by atoms with Crippen LogP contribution in [0.4, 0.5) is 0 Å². The highest BCUT2D eigenvalue weighted by molar-refractivity contribution is 6.32. The molecule has 0 unspecified atom stereocenters. The van der Waals surface area contributed by atoms with Gasteiger partial charge < -0.3 is 14.2 Å². The van der Waals surface area contributed by atoms with Gasteiger partial charge in [-0.25, -0.2) is 0 Å². The zero-order valence-corrected chi connectivity index (χ0v) is 18.2. The van der Waals surface area contributed by atoms with Crippen molar-refractivity contribution in [3.63, 3.8) is 0 Å². The van der Waals surface area contributed by atoms with E-state index in [1.807, 2.05) is 31.2 Å². The fourth-order valence-electron chi connectivity index (χ4n) is 4.27. The minimum absolute atomic E-state index is 0. The fourth-order valence-corrected chi connectivity index (χ4v) is 4.52. The van der Waals surface area contributed by atoms with E-state index in [-0.39, 0.29) is 7.43 Å². The van der Waals surface area contributed by atoms with Crippen LogP contribution in [0, 0.1) is 0 Å². The van der Waals surface area contributed by atoms with Gasteiger partial charge in [-0.2, -0.15) is 0 Å². The Morgan fingerprint density at radius 1 is 1.13 bits per heavy atom. The quantitative estimate of drug-likeness (QED) is 0.333. The molecule has 1 saturated carbocycles. The molecule has 1 aliphatic carbocycles. The summed E-state index contributed by atoms with van der Waals surface area (Å²) in [6, 6.07) is 12.0. The Morgan fingerprint density at radius 2 is 1.90 bits per heavy atom. The average Bonchev–Trinajstić information content (AvgIpc) is 3.29. The molecule has 5 heteroatoms. The van der Waals surface area contributed by atoms with E-state index in [4.69, 9.17) is 25.8 Å². The van der Waals surface area contributed by atoms with Crippen molar-refractivity contribution in [1.29, 1.82) is 0 Å². The van der Waals surface area contributed by atoms with E-state index in [1.54, 1.807) is 0 Å². The summed E-state index contributed by atoms with van der Waals surface area (Å²) in [4.78, 5) is 11.3. The molecule has 0 radical (unpaired) electrons. The monoisotopic (exact) mass is 444 g/mol. The zero-order valence-electron chi connectivity index (χ0n) is 17.5. The predicted molar refractivity (Wildman–Crippen MR) is 125 cm³/mol. The van der Waals surface area contributed by atoms with E-state index in [1.165, 1.54) is 31.2 Å². The molecule has 4 nitrogen and oxygen atoms in total. The summed E-state index contributed by atoms with van der Waals surface area (Å²) in [5.74, 6) is 2.85. The van der Waals surface area contributed by atoms with E-state index in [0.29, 0.717) is 30.6 Å². The molecule has 2 aliphatic rings. The van der Waals surface area contributed by atoms with Crippen molar-refractivity contribution in [2.75, 3.05) is 13.2 Å². The maximum Gasteiger partial charge on any atom is 0.163 e. The predicted octanol–water partition coefficient (Wildman–Crippen LogP) is 6.76. The van der Waals surface area contributed by atoms with Crippen molar-refractivity contribution < 1.29 is 19.0 Å². The van der Waals surface area contributed by atoms with Crippen LogP contribution in [0.5, 0.6) is 17.2 Å². The third-order valence-electron chi connectivity index (χ3n) is 6.12. The van der Waals surface area contributed by atoms with Gasteiger partial charge >= 0.3 is 0 Å². The van der Waals surface area contributed by atoms with Crippen molar-refractivity contribution in [3.05, 3.63) is 52.5 Å². The molecule has 4 rings (SSSR count). The van der Waals surface area contributed by atoms with Gasteiger partial charge in [0, 0.05) is 12.5 Å². The highest BCUT2D eigenvalue weighted by Gasteiger charge is 2.31. The van der Waals surface area contributed by atoms with Crippen LogP contribution in [0.3, 0.4) is 0 Å². The van der Waals surface area contributed by atoms with Gasteiger partial charge in [-0.05, 0) is 67.9 Å². The van der Waals surface area contributed by atoms with Crippen molar-refractivity contribution in [3.8, 4) is 17.2 Å². The van der Waals surface area contributed by atoms with Crippen molar-refractivity contribution in [1.82, 2.24) is 0 Å². The van der Waals surface area contributed by atoms with Gasteiger partial charge in [-0.3, -0.25) is 4.79 Å². The molecule has 1 aliphatic heterocycles. The van der Waals surface area contributed by atoms with Gasteiger partial charge in [-0.15, -0.1) is 0 Å². The van der Waals surface area contributed by atoms with Crippen LogP contribution in [0.2, 0.25) is 5.02 Å². The summed E-state index contributed by atoms with van der Waals surface area (Å²) in [7, 11) is 0.